The minimum absolute atomic E-state index is 0.0636. The molecule has 96 valence electrons. The van der Waals surface area contributed by atoms with Crippen LogP contribution in [-0.2, 0) is 9.53 Å². The third-order valence-electron chi connectivity index (χ3n) is 2.69. The molecule has 0 radical (unpaired) electrons. The SMILES string of the molecule is CC(=O)NC1[C@H](C)OC(CN=[N+]=[N-])[C@H](O)[C@@H]1O. The van der Waals surface area contributed by atoms with Crippen LogP contribution in [0, 0.1) is 0 Å². The molecule has 0 aliphatic carbocycles. The van der Waals surface area contributed by atoms with Crippen LogP contribution in [0.15, 0.2) is 5.11 Å². The Balaban J connectivity index is 2.71. The van der Waals surface area contributed by atoms with Gasteiger partial charge in [0.15, 0.2) is 0 Å². The van der Waals surface area contributed by atoms with E-state index in [1.54, 1.807) is 6.92 Å². The molecule has 5 atom stereocenters. The fourth-order valence-corrected chi connectivity index (χ4v) is 1.86. The average Bonchev–Trinajstić information content (AvgIpc) is 2.27. The number of nitrogens with one attached hydrogen (secondary N) is 1. The number of hydrogen-bond acceptors (Lipinski definition) is 5. The van der Waals surface area contributed by atoms with Crippen molar-refractivity contribution in [3.05, 3.63) is 10.4 Å². The van der Waals surface area contributed by atoms with E-state index in [1.807, 2.05) is 0 Å². The molecule has 8 nitrogen and oxygen atoms in total. The lowest BCUT2D eigenvalue weighted by Gasteiger charge is -2.41. The lowest BCUT2D eigenvalue weighted by atomic mass is 9.93. The topological polar surface area (TPSA) is 128 Å². The number of hydrogen-bond donors (Lipinski definition) is 3. The summed E-state index contributed by atoms with van der Waals surface area (Å²) in [5, 5.41) is 25.4. The third kappa shape index (κ3) is 3.31. The van der Waals surface area contributed by atoms with Crippen molar-refractivity contribution in [3.63, 3.8) is 0 Å². The standard InChI is InChI=1S/C9H16N4O4/c1-4-7(12-5(2)14)9(16)8(15)6(17-4)3-11-13-10/h4,6-9,15-16H,3H2,1-2H3,(H,12,14)/t4-,6?,7?,8-,9+/m0/s1. The number of rotatable bonds is 3. The summed E-state index contributed by atoms with van der Waals surface area (Å²) in [6, 6.07) is -0.676. The van der Waals surface area contributed by atoms with Crippen LogP contribution < -0.4 is 5.32 Å². The number of azide groups is 1. The predicted octanol–water partition coefficient (Wildman–Crippen LogP) is -0.690. The van der Waals surface area contributed by atoms with Gasteiger partial charge in [0.2, 0.25) is 5.91 Å². The first-order valence-electron chi connectivity index (χ1n) is 5.27. The monoisotopic (exact) mass is 244 g/mol. The highest BCUT2D eigenvalue weighted by atomic mass is 16.5. The molecule has 1 saturated heterocycles. The maximum atomic E-state index is 10.9. The highest BCUT2D eigenvalue weighted by molar-refractivity contribution is 5.73. The van der Waals surface area contributed by atoms with Crippen LogP contribution in [0.5, 0.6) is 0 Å². The number of carbonyl (C=O) groups excluding carboxylic acids is 1. The molecule has 3 N–H and O–H groups in total. The summed E-state index contributed by atoms with van der Waals surface area (Å²) in [5.41, 5.74) is 8.19. The maximum Gasteiger partial charge on any atom is 0.217 e. The lowest BCUT2D eigenvalue weighted by molar-refractivity contribution is -0.177. The van der Waals surface area contributed by atoms with Crippen LogP contribution >= 0.6 is 0 Å². The molecule has 0 aromatic rings. The second-order valence-electron chi connectivity index (χ2n) is 4.00. The van der Waals surface area contributed by atoms with E-state index in [1.165, 1.54) is 6.92 Å². The van der Waals surface area contributed by atoms with Gasteiger partial charge >= 0.3 is 0 Å². The van der Waals surface area contributed by atoms with Gasteiger partial charge in [-0.2, -0.15) is 0 Å². The average molecular weight is 244 g/mol. The van der Waals surface area contributed by atoms with Crippen LogP contribution in [0.3, 0.4) is 0 Å². The Morgan fingerprint density at radius 1 is 1.53 bits per heavy atom. The zero-order valence-corrected chi connectivity index (χ0v) is 9.65. The van der Waals surface area contributed by atoms with Crippen LogP contribution in [0.4, 0.5) is 0 Å². The zero-order valence-electron chi connectivity index (χ0n) is 9.65. The molecule has 0 aromatic heterocycles. The second-order valence-corrected chi connectivity index (χ2v) is 4.00. The van der Waals surface area contributed by atoms with Gasteiger partial charge in [-0.1, -0.05) is 5.11 Å². The molecule has 2 unspecified atom stereocenters. The Kier molecular flexibility index (Phi) is 4.71. The summed E-state index contributed by atoms with van der Waals surface area (Å²) in [7, 11) is 0. The highest BCUT2D eigenvalue weighted by Crippen LogP contribution is 2.21. The zero-order chi connectivity index (χ0) is 13.0. The molecule has 1 aliphatic rings. The Bertz CT molecular complexity index is 331. The van der Waals surface area contributed by atoms with Gasteiger partial charge in [0.05, 0.1) is 24.8 Å². The van der Waals surface area contributed by atoms with Crippen molar-refractivity contribution < 1.29 is 19.7 Å². The van der Waals surface area contributed by atoms with Crippen LogP contribution in [0.2, 0.25) is 0 Å². The van der Waals surface area contributed by atoms with Crippen molar-refractivity contribution >= 4 is 5.91 Å². The highest BCUT2D eigenvalue weighted by Gasteiger charge is 2.42. The fourth-order valence-electron chi connectivity index (χ4n) is 1.86. The Hall–Kier alpha value is -1.34. The van der Waals surface area contributed by atoms with Gasteiger partial charge < -0.3 is 20.3 Å². The van der Waals surface area contributed by atoms with Crippen molar-refractivity contribution in [3.8, 4) is 0 Å². The van der Waals surface area contributed by atoms with Gasteiger partial charge in [0.25, 0.3) is 0 Å². The summed E-state index contributed by atoms with van der Waals surface area (Å²) in [5.74, 6) is -0.315. The number of aliphatic hydroxyl groups is 2. The molecule has 17 heavy (non-hydrogen) atoms. The Labute approximate surface area is 98.2 Å². The third-order valence-corrected chi connectivity index (χ3v) is 2.69. The van der Waals surface area contributed by atoms with Crippen LogP contribution in [0.25, 0.3) is 10.4 Å². The number of nitrogens with zero attached hydrogens (tertiary/aromatic N) is 3. The molecular weight excluding hydrogens is 228 g/mol. The maximum absolute atomic E-state index is 10.9. The normalized spacial score (nSPS) is 37.1. The molecule has 0 aromatic carbocycles. The first-order valence-corrected chi connectivity index (χ1v) is 5.27. The number of aliphatic hydroxyl groups excluding tert-OH is 2. The van der Waals surface area contributed by atoms with Crippen molar-refractivity contribution in [1.82, 2.24) is 5.32 Å². The summed E-state index contributed by atoms with van der Waals surface area (Å²) < 4.78 is 5.39. The van der Waals surface area contributed by atoms with Crippen LogP contribution in [-0.4, -0.2) is 53.1 Å². The first kappa shape index (κ1) is 13.7. The molecule has 1 amide bonds. The summed E-state index contributed by atoms with van der Waals surface area (Å²) in [6.45, 7) is 2.92. The number of ether oxygens (including phenoxy) is 1. The van der Waals surface area contributed by atoms with Gasteiger partial charge in [-0.25, -0.2) is 0 Å². The molecule has 0 saturated carbocycles. The first-order chi connectivity index (χ1) is 7.97. The summed E-state index contributed by atoms with van der Waals surface area (Å²) in [4.78, 5) is 13.5. The lowest BCUT2D eigenvalue weighted by Crippen LogP contribution is -2.63. The second kappa shape index (κ2) is 5.83. The molecule has 1 aliphatic heterocycles. The summed E-state index contributed by atoms with van der Waals surface area (Å²) in [6.07, 6.45) is -3.59. The van der Waals surface area contributed by atoms with Crippen molar-refractivity contribution in [1.29, 1.82) is 0 Å². The summed E-state index contributed by atoms with van der Waals surface area (Å²) >= 11 is 0. The molecule has 1 heterocycles. The van der Waals surface area contributed by atoms with E-state index >= 15 is 0 Å². The Morgan fingerprint density at radius 2 is 2.18 bits per heavy atom. The number of carbonyl (C=O) groups is 1. The van der Waals surface area contributed by atoms with Crippen molar-refractivity contribution in [2.75, 3.05) is 6.54 Å². The van der Waals surface area contributed by atoms with Gasteiger partial charge in [0.1, 0.15) is 12.2 Å². The van der Waals surface area contributed by atoms with E-state index in [0.29, 0.717) is 0 Å². The van der Waals surface area contributed by atoms with Gasteiger partial charge in [0, 0.05) is 11.8 Å². The van der Waals surface area contributed by atoms with E-state index < -0.39 is 30.5 Å². The smallest absolute Gasteiger partial charge is 0.217 e. The molecular formula is C9H16N4O4. The minimum Gasteiger partial charge on any atom is -0.388 e. The molecule has 1 fully saturated rings. The minimum atomic E-state index is -1.20. The predicted molar refractivity (Wildman–Crippen MR) is 58.0 cm³/mol. The molecule has 1 rings (SSSR count). The molecule has 0 spiro atoms. The van der Waals surface area contributed by atoms with Crippen molar-refractivity contribution in [2.45, 2.75) is 44.3 Å². The van der Waals surface area contributed by atoms with Crippen molar-refractivity contribution in [2.24, 2.45) is 5.11 Å². The fraction of sp³-hybridized carbons (Fsp3) is 0.889. The van der Waals surface area contributed by atoms with Gasteiger partial charge in [-0.05, 0) is 12.5 Å². The molecule has 0 bridgehead atoms. The van der Waals surface area contributed by atoms with Gasteiger partial charge in [-0.3, -0.25) is 4.79 Å². The number of amides is 1. The quantitative estimate of drug-likeness (QED) is 0.345. The molecule has 8 heteroatoms. The van der Waals surface area contributed by atoms with Gasteiger partial charge in [-0.15, -0.1) is 0 Å². The Morgan fingerprint density at radius 3 is 2.71 bits per heavy atom. The van der Waals surface area contributed by atoms with E-state index in [-0.39, 0.29) is 12.5 Å². The largest absolute Gasteiger partial charge is 0.388 e. The van der Waals surface area contributed by atoms with E-state index in [0.717, 1.165) is 0 Å². The van der Waals surface area contributed by atoms with E-state index in [2.05, 4.69) is 15.3 Å². The van der Waals surface area contributed by atoms with E-state index in [4.69, 9.17) is 10.3 Å². The van der Waals surface area contributed by atoms with E-state index in [9.17, 15) is 15.0 Å². The van der Waals surface area contributed by atoms with Crippen LogP contribution in [0.1, 0.15) is 13.8 Å².